The maximum atomic E-state index is 12.8. The number of nitrogens with one attached hydrogen (secondary N) is 2. The van der Waals surface area contributed by atoms with Gasteiger partial charge in [0.2, 0.25) is 5.82 Å². The van der Waals surface area contributed by atoms with E-state index in [0.717, 1.165) is 44.9 Å². The average molecular weight is 395 g/mol. The number of rotatable bonds is 6. The van der Waals surface area contributed by atoms with Crippen LogP contribution in [0.15, 0.2) is 36.0 Å². The first-order valence-electron chi connectivity index (χ1n) is 11.0. The molecular weight excluding hydrogens is 364 g/mol. The minimum Gasteiger partial charge on any atom is -0.350 e. The second kappa shape index (κ2) is 9.25. The molecule has 0 aliphatic heterocycles. The SMILES string of the molecule is O=C(NCCC1=CCCCC1)c1nc(C(=O)NC2CCCCC2)n2ccccc12. The van der Waals surface area contributed by atoms with Crippen LogP contribution in [0.25, 0.3) is 5.52 Å². The molecule has 0 saturated heterocycles. The van der Waals surface area contributed by atoms with Gasteiger partial charge in [0, 0.05) is 18.8 Å². The summed E-state index contributed by atoms with van der Waals surface area (Å²) in [4.78, 5) is 30.1. The highest BCUT2D eigenvalue weighted by Gasteiger charge is 2.23. The molecule has 154 valence electrons. The number of amides is 2. The standard InChI is InChI=1S/C23H30N4O2/c28-22(24-15-14-17-9-3-1-4-10-17)20-19-13-7-8-16-27(19)21(26-20)23(29)25-18-11-5-2-6-12-18/h7-9,13,16,18H,1-6,10-12,14-15H2,(H,24,28)(H,25,29). The minimum atomic E-state index is -0.221. The Morgan fingerprint density at radius 3 is 2.72 bits per heavy atom. The van der Waals surface area contributed by atoms with Gasteiger partial charge in [-0.1, -0.05) is 37.0 Å². The molecule has 2 N–H and O–H groups in total. The van der Waals surface area contributed by atoms with Crippen LogP contribution in [0.2, 0.25) is 0 Å². The van der Waals surface area contributed by atoms with Gasteiger partial charge in [0.05, 0.1) is 5.52 Å². The third-order valence-electron chi connectivity index (χ3n) is 6.02. The quantitative estimate of drug-likeness (QED) is 0.727. The molecule has 2 aromatic heterocycles. The van der Waals surface area contributed by atoms with Crippen LogP contribution in [0, 0.1) is 0 Å². The lowest BCUT2D eigenvalue weighted by atomic mass is 9.95. The van der Waals surface area contributed by atoms with Crippen molar-refractivity contribution in [3.05, 3.63) is 47.6 Å². The summed E-state index contributed by atoms with van der Waals surface area (Å²) in [5.41, 5.74) is 2.41. The van der Waals surface area contributed by atoms with Crippen molar-refractivity contribution in [2.75, 3.05) is 6.54 Å². The Morgan fingerprint density at radius 2 is 1.93 bits per heavy atom. The van der Waals surface area contributed by atoms with Gasteiger partial charge in [-0.15, -0.1) is 0 Å². The largest absolute Gasteiger partial charge is 0.350 e. The summed E-state index contributed by atoms with van der Waals surface area (Å²) < 4.78 is 1.72. The number of hydrogen-bond donors (Lipinski definition) is 2. The van der Waals surface area contributed by atoms with Crippen molar-refractivity contribution >= 4 is 17.3 Å². The zero-order valence-corrected chi connectivity index (χ0v) is 17.0. The summed E-state index contributed by atoms with van der Waals surface area (Å²) in [5.74, 6) is -0.141. The molecule has 2 amide bonds. The van der Waals surface area contributed by atoms with E-state index in [1.54, 1.807) is 10.6 Å². The molecule has 1 fully saturated rings. The Kier molecular flexibility index (Phi) is 6.27. The Hall–Kier alpha value is -2.63. The number of carbonyl (C=O) groups excluding carboxylic acids is 2. The molecule has 0 atom stereocenters. The fourth-order valence-corrected chi connectivity index (χ4v) is 4.41. The molecule has 2 aliphatic rings. The molecule has 4 rings (SSSR count). The predicted octanol–water partition coefficient (Wildman–Crippen LogP) is 4.02. The zero-order valence-electron chi connectivity index (χ0n) is 17.0. The normalized spacial score (nSPS) is 17.7. The Labute approximate surface area is 171 Å². The van der Waals surface area contributed by atoms with Crippen molar-refractivity contribution in [1.82, 2.24) is 20.0 Å². The number of hydrogen-bond acceptors (Lipinski definition) is 3. The third kappa shape index (κ3) is 4.69. The molecule has 0 aromatic carbocycles. The number of carbonyl (C=O) groups is 2. The van der Waals surface area contributed by atoms with E-state index in [2.05, 4.69) is 21.7 Å². The molecule has 0 radical (unpaired) electrons. The van der Waals surface area contributed by atoms with Crippen LogP contribution in [0.1, 0.15) is 85.3 Å². The number of aromatic nitrogens is 2. The zero-order chi connectivity index (χ0) is 20.1. The summed E-state index contributed by atoms with van der Waals surface area (Å²) in [6.07, 6.45) is 15.3. The van der Waals surface area contributed by atoms with E-state index in [-0.39, 0.29) is 23.7 Å². The lowest BCUT2D eigenvalue weighted by Gasteiger charge is -2.22. The summed E-state index contributed by atoms with van der Waals surface area (Å²) in [5, 5.41) is 6.09. The van der Waals surface area contributed by atoms with Gasteiger partial charge in [-0.25, -0.2) is 4.98 Å². The van der Waals surface area contributed by atoms with E-state index < -0.39 is 0 Å². The molecule has 2 aromatic rings. The van der Waals surface area contributed by atoms with Crippen molar-refractivity contribution in [3.63, 3.8) is 0 Å². The fraction of sp³-hybridized carbons (Fsp3) is 0.522. The van der Waals surface area contributed by atoms with Crippen molar-refractivity contribution in [3.8, 4) is 0 Å². The smallest absolute Gasteiger partial charge is 0.287 e. The van der Waals surface area contributed by atoms with Crippen LogP contribution in [-0.2, 0) is 0 Å². The number of imidazole rings is 1. The van der Waals surface area contributed by atoms with Crippen molar-refractivity contribution in [2.24, 2.45) is 0 Å². The van der Waals surface area contributed by atoms with E-state index in [4.69, 9.17) is 0 Å². The van der Waals surface area contributed by atoms with Gasteiger partial charge < -0.3 is 10.6 Å². The summed E-state index contributed by atoms with van der Waals surface area (Å²) >= 11 is 0. The molecule has 0 unspecified atom stereocenters. The van der Waals surface area contributed by atoms with Crippen molar-refractivity contribution in [2.45, 2.75) is 70.3 Å². The molecule has 1 saturated carbocycles. The maximum Gasteiger partial charge on any atom is 0.287 e. The number of pyridine rings is 1. The van der Waals surface area contributed by atoms with E-state index in [9.17, 15) is 9.59 Å². The first kappa shape index (κ1) is 19.7. The summed E-state index contributed by atoms with van der Waals surface area (Å²) in [7, 11) is 0. The molecular formula is C23H30N4O2. The second-order valence-electron chi connectivity index (χ2n) is 8.16. The van der Waals surface area contributed by atoms with Gasteiger partial charge in [0.25, 0.3) is 11.8 Å². The maximum absolute atomic E-state index is 12.8. The lowest BCUT2D eigenvalue weighted by Crippen LogP contribution is -2.37. The number of fused-ring (bicyclic) bond motifs is 1. The Balaban J connectivity index is 1.46. The molecule has 2 heterocycles. The van der Waals surface area contributed by atoms with Gasteiger partial charge in [-0.3, -0.25) is 14.0 Å². The van der Waals surface area contributed by atoms with Crippen LogP contribution in [0.5, 0.6) is 0 Å². The highest BCUT2D eigenvalue weighted by Crippen LogP contribution is 2.20. The third-order valence-corrected chi connectivity index (χ3v) is 6.02. The van der Waals surface area contributed by atoms with Gasteiger partial charge in [-0.2, -0.15) is 0 Å². The highest BCUT2D eigenvalue weighted by molar-refractivity contribution is 6.02. The number of allylic oxidation sites excluding steroid dienone is 1. The molecule has 2 aliphatic carbocycles. The highest BCUT2D eigenvalue weighted by atomic mass is 16.2. The second-order valence-corrected chi connectivity index (χ2v) is 8.16. The van der Waals surface area contributed by atoms with E-state index in [0.29, 0.717) is 17.8 Å². The van der Waals surface area contributed by atoms with E-state index in [1.807, 2.05) is 18.2 Å². The molecule has 6 nitrogen and oxygen atoms in total. The lowest BCUT2D eigenvalue weighted by molar-refractivity contribution is 0.0916. The van der Waals surface area contributed by atoms with Gasteiger partial charge in [0.1, 0.15) is 0 Å². The van der Waals surface area contributed by atoms with Crippen LogP contribution < -0.4 is 10.6 Å². The summed E-state index contributed by atoms with van der Waals surface area (Å²) in [6, 6.07) is 5.75. The summed E-state index contributed by atoms with van der Waals surface area (Å²) in [6.45, 7) is 0.597. The Morgan fingerprint density at radius 1 is 1.07 bits per heavy atom. The molecule has 6 heteroatoms. The van der Waals surface area contributed by atoms with Crippen molar-refractivity contribution < 1.29 is 9.59 Å². The molecule has 0 bridgehead atoms. The van der Waals surface area contributed by atoms with Gasteiger partial charge in [-0.05, 0) is 57.1 Å². The first-order valence-corrected chi connectivity index (χ1v) is 11.0. The van der Waals surface area contributed by atoms with Gasteiger partial charge >= 0.3 is 0 Å². The molecule has 29 heavy (non-hydrogen) atoms. The minimum absolute atomic E-state index is 0.202. The predicted molar refractivity (Wildman–Crippen MR) is 113 cm³/mol. The van der Waals surface area contributed by atoms with E-state index >= 15 is 0 Å². The van der Waals surface area contributed by atoms with Gasteiger partial charge in [0.15, 0.2) is 5.69 Å². The first-order chi connectivity index (χ1) is 14.2. The number of nitrogens with zero attached hydrogens (tertiary/aromatic N) is 2. The monoisotopic (exact) mass is 394 g/mol. The van der Waals surface area contributed by atoms with Crippen LogP contribution >= 0.6 is 0 Å². The molecule has 0 spiro atoms. The fourth-order valence-electron chi connectivity index (χ4n) is 4.41. The van der Waals surface area contributed by atoms with Crippen molar-refractivity contribution in [1.29, 1.82) is 0 Å². The van der Waals surface area contributed by atoms with E-state index in [1.165, 1.54) is 24.8 Å². The van der Waals surface area contributed by atoms with Crippen LogP contribution in [0.3, 0.4) is 0 Å². The Bertz CT molecular complexity index is 909. The van der Waals surface area contributed by atoms with Crippen LogP contribution in [0.4, 0.5) is 0 Å². The van der Waals surface area contributed by atoms with Crippen LogP contribution in [-0.4, -0.2) is 33.8 Å². The topological polar surface area (TPSA) is 75.5 Å². The average Bonchev–Trinajstić information content (AvgIpc) is 3.15.